The molecule has 1 atom stereocenters. The van der Waals surface area contributed by atoms with Crippen LogP contribution in [0.3, 0.4) is 0 Å². The zero-order chi connectivity index (χ0) is 17.7. The van der Waals surface area contributed by atoms with Crippen molar-refractivity contribution in [3.05, 3.63) is 29.8 Å². The second kappa shape index (κ2) is 8.09. The molecule has 1 aliphatic heterocycles. The number of piperidine rings is 1. The average Bonchev–Trinajstić information content (AvgIpc) is 2.56. The lowest BCUT2D eigenvalue weighted by atomic mass is 10.0. The third-order valence-electron chi connectivity index (χ3n) is 4.42. The molecule has 6 nitrogen and oxygen atoms in total. The molecule has 1 aliphatic rings. The van der Waals surface area contributed by atoms with Crippen LogP contribution in [0.5, 0.6) is 0 Å². The molecule has 0 bridgehead atoms. The lowest BCUT2D eigenvalue weighted by Crippen LogP contribution is -2.48. The summed E-state index contributed by atoms with van der Waals surface area (Å²) < 4.78 is 26.8. The molecule has 1 amide bonds. The number of rotatable bonds is 6. The van der Waals surface area contributed by atoms with Crippen LogP contribution in [0.4, 0.5) is 0 Å². The maximum atomic E-state index is 12.7. The van der Waals surface area contributed by atoms with Crippen molar-refractivity contribution in [2.45, 2.75) is 37.6 Å². The largest absolute Gasteiger partial charge is 0.353 e. The first kappa shape index (κ1) is 18.9. The molecule has 1 fully saturated rings. The van der Waals surface area contributed by atoms with Crippen LogP contribution in [0.15, 0.2) is 29.2 Å². The van der Waals surface area contributed by atoms with E-state index in [1.807, 2.05) is 33.0 Å². The Hall–Kier alpha value is -1.44. The molecular formula is C17H27N3O3S. The summed E-state index contributed by atoms with van der Waals surface area (Å²) in [5, 5.41) is 6.01. The van der Waals surface area contributed by atoms with Gasteiger partial charge in [-0.3, -0.25) is 4.79 Å². The Morgan fingerprint density at radius 3 is 2.38 bits per heavy atom. The molecule has 1 heterocycles. The number of nitrogens with one attached hydrogen (secondary N) is 2. The van der Waals surface area contributed by atoms with E-state index in [1.54, 1.807) is 12.1 Å². The van der Waals surface area contributed by atoms with Crippen LogP contribution in [-0.4, -0.2) is 51.4 Å². The van der Waals surface area contributed by atoms with E-state index in [4.69, 9.17) is 0 Å². The van der Waals surface area contributed by atoms with Crippen molar-refractivity contribution < 1.29 is 13.2 Å². The molecule has 0 aromatic heterocycles. The predicted molar refractivity (Wildman–Crippen MR) is 94.2 cm³/mol. The van der Waals surface area contributed by atoms with Gasteiger partial charge in [-0.05, 0) is 38.9 Å². The Balaban J connectivity index is 1.92. The minimum atomic E-state index is -3.45. The summed E-state index contributed by atoms with van der Waals surface area (Å²) in [7, 11) is -1.63. The number of hydrogen-bond acceptors (Lipinski definition) is 4. The number of sulfonamides is 1. The summed E-state index contributed by atoms with van der Waals surface area (Å²) >= 11 is 0. The van der Waals surface area contributed by atoms with Gasteiger partial charge in [0, 0.05) is 31.6 Å². The van der Waals surface area contributed by atoms with Gasteiger partial charge >= 0.3 is 0 Å². The summed E-state index contributed by atoms with van der Waals surface area (Å²) in [5.41, 5.74) is 1.03. The van der Waals surface area contributed by atoms with Crippen LogP contribution in [0, 0.1) is 12.8 Å². The fourth-order valence-electron chi connectivity index (χ4n) is 2.84. The molecule has 0 aliphatic carbocycles. The van der Waals surface area contributed by atoms with Gasteiger partial charge in [0.05, 0.1) is 4.90 Å². The van der Waals surface area contributed by atoms with E-state index in [1.165, 1.54) is 4.31 Å². The molecule has 7 heteroatoms. The number of carbonyl (C=O) groups is 1. The molecule has 2 N–H and O–H groups in total. The molecule has 0 spiro atoms. The Kier molecular flexibility index (Phi) is 6.37. The molecule has 1 aromatic rings. The van der Waals surface area contributed by atoms with E-state index in [0.29, 0.717) is 37.4 Å². The predicted octanol–water partition coefficient (Wildman–Crippen LogP) is 1.12. The van der Waals surface area contributed by atoms with E-state index < -0.39 is 10.0 Å². The van der Waals surface area contributed by atoms with Gasteiger partial charge in [0.1, 0.15) is 0 Å². The molecule has 1 saturated heterocycles. The van der Waals surface area contributed by atoms with E-state index in [9.17, 15) is 13.2 Å². The Bertz CT molecular complexity index is 650. The average molecular weight is 353 g/mol. The van der Waals surface area contributed by atoms with Gasteiger partial charge in [-0.25, -0.2) is 8.42 Å². The van der Waals surface area contributed by atoms with Crippen LogP contribution in [0.1, 0.15) is 25.3 Å². The highest BCUT2D eigenvalue weighted by molar-refractivity contribution is 7.89. The van der Waals surface area contributed by atoms with E-state index in [0.717, 1.165) is 5.56 Å². The second-order valence-corrected chi connectivity index (χ2v) is 8.40. The van der Waals surface area contributed by atoms with Crippen LogP contribution in [-0.2, 0) is 14.8 Å². The minimum Gasteiger partial charge on any atom is -0.353 e. The van der Waals surface area contributed by atoms with Gasteiger partial charge in [-0.2, -0.15) is 4.31 Å². The fraction of sp³-hybridized carbons (Fsp3) is 0.588. The van der Waals surface area contributed by atoms with Crippen LogP contribution >= 0.6 is 0 Å². The van der Waals surface area contributed by atoms with Crippen molar-refractivity contribution in [2.24, 2.45) is 5.92 Å². The van der Waals surface area contributed by atoms with Crippen molar-refractivity contribution in [3.8, 4) is 0 Å². The zero-order valence-electron chi connectivity index (χ0n) is 14.6. The maximum absolute atomic E-state index is 12.7. The Labute approximate surface area is 144 Å². The summed E-state index contributed by atoms with van der Waals surface area (Å²) in [6.07, 6.45) is 1.28. The van der Waals surface area contributed by atoms with E-state index in [-0.39, 0.29) is 17.9 Å². The highest BCUT2D eigenvalue weighted by Gasteiger charge is 2.30. The third-order valence-corrected chi connectivity index (χ3v) is 6.33. The van der Waals surface area contributed by atoms with Crippen molar-refractivity contribution in [2.75, 3.05) is 26.7 Å². The highest BCUT2D eigenvalue weighted by Crippen LogP contribution is 2.21. The standard InChI is InChI=1S/C17H27N3O3S/c1-13-4-6-16(7-5-13)24(22,23)20-10-8-15(9-11-20)19-17(21)14(2)12-18-3/h4-7,14-15,18H,8-12H2,1-3H3,(H,19,21). The number of benzene rings is 1. The lowest BCUT2D eigenvalue weighted by molar-refractivity contribution is -0.125. The summed E-state index contributed by atoms with van der Waals surface area (Å²) in [5.74, 6) is -0.0755. The van der Waals surface area contributed by atoms with Gasteiger partial charge in [0.15, 0.2) is 0 Å². The molecule has 0 radical (unpaired) electrons. The smallest absolute Gasteiger partial charge is 0.243 e. The van der Waals surface area contributed by atoms with E-state index >= 15 is 0 Å². The van der Waals surface area contributed by atoms with Gasteiger partial charge in [0.25, 0.3) is 0 Å². The van der Waals surface area contributed by atoms with Crippen molar-refractivity contribution >= 4 is 15.9 Å². The van der Waals surface area contributed by atoms with Crippen LogP contribution < -0.4 is 10.6 Å². The third kappa shape index (κ3) is 4.55. The van der Waals surface area contributed by atoms with Crippen molar-refractivity contribution in [1.82, 2.24) is 14.9 Å². The lowest BCUT2D eigenvalue weighted by Gasteiger charge is -2.32. The van der Waals surface area contributed by atoms with Gasteiger partial charge < -0.3 is 10.6 Å². The van der Waals surface area contributed by atoms with Crippen LogP contribution in [0.2, 0.25) is 0 Å². The molecule has 2 rings (SSSR count). The quantitative estimate of drug-likeness (QED) is 0.803. The van der Waals surface area contributed by atoms with E-state index in [2.05, 4.69) is 10.6 Å². The minimum absolute atomic E-state index is 0.0178. The fourth-order valence-corrected chi connectivity index (χ4v) is 4.31. The first-order valence-corrected chi connectivity index (χ1v) is 9.80. The monoisotopic (exact) mass is 353 g/mol. The first-order valence-electron chi connectivity index (χ1n) is 8.36. The molecule has 1 aromatic carbocycles. The normalized spacial score (nSPS) is 18.3. The molecule has 134 valence electrons. The van der Waals surface area contributed by atoms with Crippen molar-refractivity contribution in [1.29, 1.82) is 0 Å². The number of amides is 1. The Morgan fingerprint density at radius 1 is 1.25 bits per heavy atom. The topological polar surface area (TPSA) is 78.5 Å². The second-order valence-electron chi connectivity index (χ2n) is 6.46. The summed E-state index contributed by atoms with van der Waals surface area (Å²) in [6, 6.07) is 6.96. The zero-order valence-corrected chi connectivity index (χ0v) is 15.4. The first-order chi connectivity index (χ1) is 11.3. The summed E-state index contributed by atoms with van der Waals surface area (Å²) in [4.78, 5) is 12.4. The number of nitrogens with zero attached hydrogens (tertiary/aromatic N) is 1. The van der Waals surface area contributed by atoms with Gasteiger partial charge in [0.2, 0.25) is 15.9 Å². The van der Waals surface area contributed by atoms with Gasteiger partial charge in [-0.15, -0.1) is 0 Å². The molecule has 0 saturated carbocycles. The number of carbonyl (C=O) groups excluding carboxylic acids is 1. The molecule has 24 heavy (non-hydrogen) atoms. The van der Waals surface area contributed by atoms with Crippen molar-refractivity contribution in [3.63, 3.8) is 0 Å². The Morgan fingerprint density at radius 2 is 1.83 bits per heavy atom. The number of aryl methyl sites for hydroxylation is 1. The summed E-state index contributed by atoms with van der Waals surface area (Å²) in [6.45, 7) is 5.30. The van der Waals surface area contributed by atoms with Gasteiger partial charge in [-0.1, -0.05) is 24.6 Å². The SMILES string of the molecule is CNCC(C)C(=O)NC1CCN(S(=O)(=O)c2ccc(C)cc2)CC1. The molecule has 1 unspecified atom stereocenters. The molecular weight excluding hydrogens is 326 g/mol. The number of hydrogen-bond donors (Lipinski definition) is 2. The van der Waals surface area contributed by atoms with Crippen LogP contribution in [0.25, 0.3) is 0 Å². The maximum Gasteiger partial charge on any atom is 0.243 e. The highest BCUT2D eigenvalue weighted by atomic mass is 32.2.